The highest BCUT2D eigenvalue weighted by Gasteiger charge is 2.33. The van der Waals surface area contributed by atoms with Gasteiger partial charge in [0.05, 0.1) is 58.4 Å². The summed E-state index contributed by atoms with van der Waals surface area (Å²) in [5.41, 5.74) is 10.6. The van der Waals surface area contributed by atoms with Crippen molar-refractivity contribution in [3.8, 4) is 23.1 Å². The number of anilines is 1. The van der Waals surface area contributed by atoms with Gasteiger partial charge in [-0.05, 0) is 36.2 Å². The third kappa shape index (κ3) is 9.72. The number of aldehydes is 1. The Hall–Kier alpha value is -4.08. The minimum absolute atomic E-state index is 0.0841. The number of nitrogen functional groups attached to an aromatic ring is 1. The van der Waals surface area contributed by atoms with Crippen LogP contribution in [0.4, 0.5) is 5.69 Å². The van der Waals surface area contributed by atoms with Crippen LogP contribution in [0.5, 0.6) is 0 Å². The second kappa shape index (κ2) is 17.9. The average molecular weight is 603 g/mol. The summed E-state index contributed by atoms with van der Waals surface area (Å²) in [6.07, 6.45) is 4.96. The molecule has 0 fully saturated rings. The molecule has 234 valence electrons. The zero-order valence-electron chi connectivity index (χ0n) is 25.4. The van der Waals surface area contributed by atoms with Crippen LogP contribution in [0.25, 0.3) is 11.3 Å². The van der Waals surface area contributed by atoms with E-state index in [0.717, 1.165) is 48.2 Å². The third-order valence-corrected chi connectivity index (χ3v) is 7.16. The maximum atomic E-state index is 12.8. The maximum Gasteiger partial charge on any atom is 0.255 e. The van der Waals surface area contributed by atoms with E-state index in [1.54, 1.807) is 9.58 Å². The van der Waals surface area contributed by atoms with Crippen molar-refractivity contribution in [2.75, 3.05) is 58.5 Å². The van der Waals surface area contributed by atoms with Crippen molar-refractivity contribution >= 4 is 17.9 Å². The van der Waals surface area contributed by atoms with E-state index in [1.807, 2.05) is 55.6 Å². The molecule has 1 aliphatic rings. The lowest BCUT2D eigenvalue weighted by Crippen LogP contribution is -2.36. The molecule has 0 aliphatic carbocycles. The number of nitrogens with two attached hydrogens (primary N) is 1. The summed E-state index contributed by atoms with van der Waals surface area (Å²) >= 11 is 0. The summed E-state index contributed by atoms with van der Waals surface area (Å²) in [6, 6.07) is 12.8. The van der Waals surface area contributed by atoms with Crippen LogP contribution in [0, 0.1) is 11.8 Å². The molecule has 3 aromatic rings. The van der Waals surface area contributed by atoms with Gasteiger partial charge < -0.3 is 35.0 Å². The molecule has 0 radical (unpaired) electrons. The van der Waals surface area contributed by atoms with Crippen LogP contribution < -0.4 is 11.1 Å². The molecule has 1 atom stereocenters. The van der Waals surface area contributed by atoms with Crippen LogP contribution in [-0.4, -0.2) is 90.9 Å². The van der Waals surface area contributed by atoms with E-state index in [-0.39, 0.29) is 11.9 Å². The zero-order valence-corrected chi connectivity index (χ0v) is 25.4. The van der Waals surface area contributed by atoms with E-state index in [4.69, 9.17) is 19.9 Å². The highest BCUT2D eigenvalue weighted by atomic mass is 16.5. The average Bonchev–Trinajstić information content (AvgIpc) is 3.65. The molecule has 2 heterocycles. The number of nitrogens with one attached hydrogen (secondary N) is 1. The normalized spacial score (nSPS) is 13.0. The van der Waals surface area contributed by atoms with E-state index in [9.17, 15) is 9.59 Å². The Labute approximate surface area is 259 Å². The molecule has 0 bridgehead atoms. The van der Waals surface area contributed by atoms with E-state index in [2.05, 4.69) is 27.5 Å². The Morgan fingerprint density at radius 2 is 1.77 bits per heavy atom. The monoisotopic (exact) mass is 602 g/mol. The predicted molar refractivity (Wildman–Crippen MR) is 168 cm³/mol. The van der Waals surface area contributed by atoms with Gasteiger partial charge in [0, 0.05) is 48.4 Å². The Bertz CT molecular complexity index is 1400. The first kappa shape index (κ1) is 32.8. The maximum absolute atomic E-state index is 12.8. The van der Waals surface area contributed by atoms with Crippen LogP contribution in [0.2, 0.25) is 0 Å². The molecule has 0 saturated carbocycles. The first-order valence-corrected chi connectivity index (χ1v) is 15.2. The minimum atomic E-state index is -0.383. The third-order valence-electron chi connectivity index (χ3n) is 7.16. The lowest BCUT2D eigenvalue weighted by atomic mass is 10.0. The molecular formula is C33H42N6O5. The largest absolute Gasteiger partial charge is 0.399 e. The number of ether oxygens (including phenoxy) is 3. The highest BCUT2D eigenvalue weighted by Crippen LogP contribution is 2.28. The van der Waals surface area contributed by atoms with Crippen molar-refractivity contribution in [2.24, 2.45) is 0 Å². The van der Waals surface area contributed by atoms with E-state index < -0.39 is 0 Å². The van der Waals surface area contributed by atoms with Crippen molar-refractivity contribution in [1.82, 2.24) is 25.2 Å². The number of rotatable bonds is 19. The van der Waals surface area contributed by atoms with Crippen molar-refractivity contribution in [2.45, 2.75) is 45.3 Å². The number of fused-ring (bicyclic) bond motifs is 1. The molecule has 11 nitrogen and oxygen atoms in total. The van der Waals surface area contributed by atoms with Gasteiger partial charge in [-0.1, -0.05) is 48.6 Å². The Balaban J connectivity index is 0.985. The van der Waals surface area contributed by atoms with Gasteiger partial charge in [-0.2, -0.15) is 0 Å². The smallest absolute Gasteiger partial charge is 0.255 e. The summed E-state index contributed by atoms with van der Waals surface area (Å²) in [5.74, 6) is 6.32. The second-order valence-corrected chi connectivity index (χ2v) is 10.4. The molecule has 11 heteroatoms. The number of hydrogen-bond donors (Lipinski definition) is 2. The van der Waals surface area contributed by atoms with Crippen LogP contribution in [-0.2, 0) is 32.1 Å². The predicted octanol–water partition coefficient (Wildman–Crippen LogP) is 2.93. The molecule has 1 aromatic heterocycles. The van der Waals surface area contributed by atoms with Gasteiger partial charge in [-0.25, -0.2) is 4.68 Å². The van der Waals surface area contributed by atoms with Gasteiger partial charge in [0.1, 0.15) is 12.0 Å². The number of nitrogens with zero attached hydrogens (tertiary/aromatic N) is 4. The van der Waals surface area contributed by atoms with E-state index in [1.165, 1.54) is 0 Å². The molecule has 0 saturated heterocycles. The van der Waals surface area contributed by atoms with Gasteiger partial charge in [0.2, 0.25) is 0 Å². The number of aromatic nitrogens is 3. The minimum Gasteiger partial charge on any atom is -0.399 e. The summed E-state index contributed by atoms with van der Waals surface area (Å²) in [5, 5.41) is 11.6. The van der Waals surface area contributed by atoms with Crippen LogP contribution in [0.15, 0.2) is 48.7 Å². The molecular weight excluding hydrogens is 560 g/mol. The Morgan fingerprint density at radius 3 is 2.52 bits per heavy atom. The lowest BCUT2D eigenvalue weighted by Gasteiger charge is -2.22. The van der Waals surface area contributed by atoms with Crippen molar-refractivity contribution < 1.29 is 23.8 Å². The fourth-order valence-corrected chi connectivity index (χ4v) is 4.80. The van der Waals surface area contributed by atoms with Crippen LogP contribution in [0.3, 0.4) is 0 Å². The van der Waals surface area contributed by atoms with Gasteiger partial charge in [-0.15, -0.1) is 5.10 Å². The Morgan fingerprint density at radius 1 is 1.02 bits per heavy atom. The number of hydrogen-bond acceptors (Lipinski definition) is 9. The van der Waals surface area contributed by atoms with Crippen LogP contribution in [0.1, 0.15) is 47.7 Å². The first-order chi connectivity index (χ1) is 21.6. The lowest BCUT2D eigenvalue weighted by molar-refractivity contribution is -0.112. The van der Waals surface area contributed by atoms with Crippen molar-refractivity contribution in [3.05, 3.63) is 65.4 Å². The molecule has 4 rings (SSSR count). The van der Waals surface area contributed by atoms with Crippen molar-refractivity contribution in [3.63, 3.8) is 0 Å². The summed E-state index contributed by atoms with van der Waals surface area (Å²) in [7, 11) is 0. The highest BCUT2D eigenvalue weighted by molar-refractivity contribution is 6.00. The molecule has 3 N–H and O–H groups in total. The van der Waals surface area contributed by atoms with E-state index in [0.29, 0.717) is 76.8 Å². The Kier molecular flexibility index (Phi) is 13.4. The van der Waals surface area contributed by atoms with Gasteiger partial charge in [-0.3, -0.25) is 4.79 Å². The standard InChI is InChI=1S/C33H42N6O5/c1-2-6-29(25-40)39-23-31-26(8-5-9-30(31)33(39)41)7-3-4-14-35-15-17-42-19-21-44-22-20-43-18-16-38-24-32(36-37-38)27-10-12-28(34)13-11-27/h5,8-13,24-25,29,35H,2,4,6,14-23,34H2,1H3. The zero-order chi connectivity index (χ0) is 31.0. The quantitative estimate of drug-likeness (QED) is 0.0919. The number of carbonyl (C=O) groups excluding carboxylic acids is 2. The van der Waals surface area contributed by atoms with Gasteiger partial charge in [0.15, 0.2) is 0 Å². The number of benzene rings is 2. The van der Waals surface area contributed by atoms with E-state index >= 15 is 0 Å². The first-order valence-electron chi connectivity index (χ1n) is 15.2. The second-order valence-electron chi connectivity index (χ2n) is 10.4. The SMILES string of the molecule is CCCC(C=O)N1Cc2c(C#CCCNCCOCCOCCOCCn3cc(-c4ccc(N)cc4)nn3)cccc2C1=O. The summed E-state index contributed by atoms with van der Waals surface area (Å²) in [6.45, 7) is 7.67. The van der Waals surface area contributed by atoms with Crippen molar-refractivity contribution in [1.29, 1.82) is 0 Å². The number of carbonyl (C=O) groups is 2. The van der Waals surface area contributed by atoms with Gasteiger partial charge in [0.25, 0.3) is 5.91 Å². The number of amides is 1. The molecule has 2 aromatic carbocycles. The van der Waals surface area contributed by atoms with Gasteiger partial charge >= 0.3 is 0 Å². The summed E-state index contributed by atoms with van der Waals surface area (Å²) in [4.78, 5) is 26.0. The molecule has 44 heavy (non-hydrogen) atoms. The fraction of sp³-hybridized carbons (Fsp3) is 0.455. The molecule has 1 aliphatic heterocycles. The van der Waals surface area contributed by atoms with Crippen LogP contribution >= 0.6 is 0 Å². The fourth-order valence-electron chi connectivity index (χ4n) is 4.80. The molecule has 1 amide bonds. The topological polar surface area (TPSA) is 134 Å². The molecule has 1 unspecified atom stereocenters. The molecule has 0 spiro atoms. The summed E-state index contributed by atoms with van der Waals surface area (Å²) < 4.78 is 18.5.